The third kappa shape index (κ3) is 4.75. The number of para-hydroxylation sites is 1. The van der Waals surface area contributed by atoms with Crippen molar-refractivity contribution in [3.63, 3.8) is 0 Å². The second-order valence-corrected chi connectivity index (χ2v) is 12.1. The van der Waals surface area contributed by atoms with E-state index in [0.717, 1.165) is 55.6 Å². The van der Waals surface area contributed by atoms with Gasteiger partial charge in [0.25, 0.3) is 8.01 Å². The minimum absolute atomic E-state index is 0.198. The first-order chi connectivity index (χ1) is 16.5. The largest absolute Gasteiger partial charge is 0.497 e. The van der Waals surface area contributed by atoms with E-state index in [9.17, 15) is 0 Å². The van der Waals surface area contributed by atoms with Crippen LogP contribution in [0.4, 0.5) is 0 Å². The molecule has 0 N–H and O–H groups in total. The number of ether oxygens (including phenoxy) is 3. The van der Waals surface area contributed by atoms with Crippen molar-refractivity contribution in [3.8, 4) is 22.6 Å². The summed E-state index contributed by atoms with van der Waals surface area (Å²) >= 11 is 0. The number of benzene rings is 3. The van der Waals surface area contributed by atoms with Crippen LogP contribution in [-0.2, 0) is 10.8 Å². The SMILES string of the molecule is COc1cc(C(C)(C)C)c2op(-c3ccccc3OC)oc3c(C(C)(C)C)cc(OC)cc3c2c1. The molecule has 4 aromatic rings. The molecule has 0 spiro atoms. The number of fused-ring (bicyclic) bond motifs is 3. The summed E-state index contributed by atoms with van der Waals surface area (Å²) in [7, 11) is 3.50. The molecule has 4 rings (SSSR count). The number of rotatable bonds is 4. The maximum Gasteiger partial charge on any atom is 0.256 e. The quantitative estimate of drug-likeness (QED) is 0.283. The van der Waals surface area contributed by atoms with Gasteiger partial charge in [0, 0.05) is 21.9 Å². The predicted molar refractivity (Wildman–Crippen MR) is 145 cm³/mol. The van der Waals surface area contributed by atoms with Crippen molar-refractivity contribution in [2.45, 2.75) is 52.4 Å². The first kappa shape index (κ1) is 25.1. The third-order valence-electron chi connectivity index (χ3n) is 6.13. The Hall–Kier alpha value is -3.04. The molecule has 0 saturated heterocycles. The molecule has 0 unspecified atom stereocenters. The number of hydrogen-bond donors (Lipinski definition) is 0. The highest BCUT2D eigenvalue weighted by Gasteiger charge is 2.26. The summed E-state index contributed by atoms with van der Waals surface area (Å²) in [6, 6.07) is 16.1. The Morgan fingerprint density at radius 2 is 1.09 bits per heavy atom. The van der Waals surface area contributed by atoms with Crippen LogP contribution in [0, 0.1) is 0 Å². The molecule has 0 aliphatic heterocycles. The van der Waals surface area contributed by atoms with E-state index in [1.165, 1.54) is 0 Å². The van der Waals surface area contributed by atoms with Gasteiger partial charge in [-0.3, -0.25) is 0 Å². The molecule has 0 radical (unpaired) electrons. The molecule has 0 saturated carbocycles. The summed E-state index contributed by atoms with van der Waals surface area (Å²) in [5.74, 6) is 2.28. The van der Waals surface area contributed by atoms with Crippen LogP contribution in [0.1, 0.15) is 52.7 Å². The zero-order chi connectivity index (χ0) is 25.5. The van der Waals surface area contributed by atoms with Crippen LogP contribution in [-0.4, -0.2) is 21.3 Å². The summed E-state index contributed by atoms with van der Waals surface area (Å²) in [6.45, 7) is 13.1. The molecule has 0 aliphatic carbocycles. The molecule has 0 fully saturated rings. The van der Waals surface area contributed by atoms with E-state index in [-0.39, 0.29) is 10.8 Å². The van der Waals surface area contributed by atoms with Crippen molar-refractivity contribution in [1.82, 2.24) is 0 Å². The second-order valence-electron chi connectivity index (χ2n) is 10.7. The van der Waals surface area contributed by atoms with E-state index in [1.54, 1.807) is 21.3 Å². The van der Waals surface area contributed by atoms with Crippen molar-refractivity contribution >= 4 is 30.0 Å². The Balaban J connectivity index is 2.35. The van der Waals surface area contributed by atoms with Crippen LogP contribution in [0.15, 0.2) is 56.9 Å². The summed E-state index contributed by atoms with van der Waals surface area (Å²) in [4.78, 5) is 0. The molecule has 0 atom stereocenters. The Bertz CT molecular complexity index is 1340. The molecular weight excluding hydrogens is 459 g/mol. The average molecular weight is 495 g/mol. The maximum absolute atomic E-state index is 6.83. The lowest BCUT2D eigenvalue weighted by Gasteiger charge is -2.21. The van der Waals surface area contributed by atoms with Gasteiger partial charge in [-0.05, 0) is 47.2 Å². The molecule has 0 aliphatic rings. The van der Waals surface area contributed by atoms with Crippen molar-refractivity contribution in [2.24, 2.45) is 0 Å². The summed E-state index contributed by atoms with van der Waals surface area (Å²) < 4.78 is 30.8. The third-order valence-corrected chi connectivity index (χ3v) is 7.59. The van der Waals surface area contributed by atoms with E-state index >= 15 is 0 Å². The molecule has 0 bridgehead atoms. The zero-order valence-corrected chi connectivity index (χ0v) is 23.0. The van der Waals surface area contributed by atoms with Gasteiger partial charge in [-0.15, -0.1) is 0 Å². The van der Waals surface area contributed by atoms with Crippen molar-refractivity contribution in [2.75, 3.05) is 21.3 Å². The van der Waals surface area contributed by atoms with Crippen LogP contribution in [0.5, 0.6) is 17.2 Å². The van der Waals surface area contributed by atoms with Gasteiger partial charge in [0.05, 0.1) is 21.3 Å². The Morgan fingerprint density at radius 1 is 0.629 bits per heavy atom. The minimum Gasteiger partial charge on any atom is -0.497 e. The second kappa shape index (κ2) is 9.20. The molecule has 1 aromatic heterocycles. The lowest BCUT2D eigenvalue weighted by molar-refractivity contribution is 0.413. The first-order valence-corrected chi connectivity index (χ1v) is 12.9. The van der Waals surface area contributed by atoms with E-state index in [0.29, 0.717) is 0 Å². The van der Waals surface area contributed by atoms with Crippen molar-refractivity contribution < 1.29 is 22.6 Å². The van der Waals surface area contributed by atoms with E-state index in [1.807, 2.05) is 36.4 Å². The molecule has 3 aromatic carbocycles. The van der Waals surface area contributed by atoms with Gasteiger partial charge >= 0.3 is 0 Å². The molecule has 186 valence electrons. The van der Waals surface area contributed by atoms with Gasteiger partial charge in [0.2, 0.25) is 0 Å². The number of methoxy groups -OCH3 is 3. The molecule has 5 nitrogen and oxygen atoms in total. The zero-order valence-electron chi connectivity index (χ0n) is 22.1. The Labute approximate surface area is 208 Å². The molecule has 0 amide bonds. The van der Waals surface area contributed by atoms with E-state index in [4.69, 9.17) is 22.6 Å². The van der Waals surface area contributed by atoms with Crippen LogP contribution >= 0.6 is 8.01 Å². The lowest BCUT2D eigenvalue weighted by Crippen LogP contribution is -2.12. The van der Waals surface area contributed by atoms with Gasteiger partial charge in [0.15, 0.2) is 0 Å². The van der Waals surface area contributed by atoms with Crippen LogP contribution in [0.2, 0.25) is 0 Å². The standard InChI is InChI=1S/C29H35O5P/c1-28(2,3)22-16-18(30-7)14-20-21-15-19(31-8)17-23(29(4,5)6)27(21)34-35(33-26(20)22)25-13-11-10-12-24(25)32-9/h10-17H,1-9H3. The topological polar surface area (TPSA) is 54.0 Å². The summed E-state index contributed by atoms with van der Waals surface area (Å²) in [5.41, 5.74) is 3.29. The van der Waals surface area contributed by atoms with Gasteiger partial charge in [-0.25, -0.2) is 0 Å². The van der Waals surface area contributed by atoms with Crippen molar-refractivity contribution in [3.05, 3.63) is 59.7 Å². The highest BCUT2D eigenvalue weighted by Crippen LogP contribution is 2.50. The fraction of sp³-hybridized carbons (Fsp3) is 0.379. The highest BCUT2D eigenvalue weighted by atomic mass is 31.1. The molecule has 35 heavy (non-hydrogen) atoms. The summed E-state index contributed by atoms with van der Waals surface area (Å²) in [5, 5.41) is 2.73. The monoisotopic (exact) mass is 494 g/mol. The fourth-order valence-electron chi connectivity index (χ4n) is 4.21. The molecular formula is C29H35O5P. The maximum atomic E-state index is 6.83. The fourth-order valence-corrected chi connectivity index (χ4v) is 5.73. The number of hydrogen-bond acceptors (Lipinski definition) is 5. The average Bonchev–Trinajstić information content (AvgIpc) is 2.98. The van der Waals surface area contributed by atoms with Gasteiger partial charge in [-0.2, -0.15) is 0 Å². The van der Waals surface area contributed by atoms with Crippen LogP contribution < -0.4 is 14.2 Å². The predicted octanol–water partition coefficient (Wildman–Crippen LogP) is 8.90. The van der Waals surface area contributed by atoms with Crippen molar-refractivity contribution in [1.29, 1.82) is 0 Å². The van der Waals surface area contributed by atoms with E-state index < -0.39 is 8.01 Å². The lowest BCUT2D eigenvalue weighted by atomic mass is 9.84. The Kier molecular flexibility index (Phi) is 6.59. The molecule has 6 heteroatoms. The molecule has 1 heterocycles. The van der Waals surface area contributed by atoms with E-state index in [2.05, 4.69) is 53.7 Å². The first-order valence-electron chi connectivity index (χ1n) is 11.7. The van der Waals surface area contributed by atoms with Gasteiger partial charge in [0.1, 0.15) is 33.7 Å². The summed E-state index contributed by atoms with van der Waals surface area (Å²) in [6.07, 6.45) is 0. The minimum atomic E-state index is -1.55. The van der Waals surface area contributed by atoms with Gasteiger partial charge < -0.3 is 22.6 Å². The normalized spacial score (nSPS) is 12.1. The van der Waals surface area contributed by atoms with Gasteiger partial charge in [-0.1, -0.05) is 53.7 Å². The smallest absolute Gasteiger partial charge is 0.256 e. The van der Waals surface area contributed by atoms with Crippen LogP contribution in [0.3, 0.4) is 0 Å². The highest BCUT2D eigenvalue weighted by molar-refractivity contribution is 7.45. The van der Waals surface area contributed by atoms with Crippen LogP contribution in [0.25, 0.3) is 27.2 Å². The Morgan fingerprint density at radius 3 is 1.49 bits per heavy atom.